The van der Waals surface area contributed by atoms with E-state index in [4.69, 9.17) is 19.5 Å². The summed E-state index contributed by atoms with van der Waals surface area (Å²) < 4.78 is 159. The fraction of sp³-hybridized carbons (Fsp3) is 0. The molecule has 0 amide bonds. The fourth-order valence-corrected chi connectivity index (χ4v) is 6.59. The quantitative estimate of drug-likeness (QED) is 0.175. The van der Waals surface area contributed by atoms with E-state index in [0.717, 1.165) is 27.3 Å². The molecule has 0 N–H and O–H groups in total. The Morgan fingerprint density at radius 3 is 1.67 bits per heavy atom. The highest BCUT2D eigenvalue weighted by Gasteiger charge is 2.17. The molecule has 1 heterocycles. The van der Waals surface area contributed by atoms with Crippen molar-refractivity contribution in [2.45, 2.75) is 0 Å². The van der Waals surface area contributed by atoms with Crippen molar-refractivity contribution in [2.75, 3.05) is 0 Å². The van der Waals surface area contributed by atoms with Gasteiger partial charge in [-0.05, 0) is 113 Å². The third-order valence-electron chi connectivity index (χ3n) is 8.84. The number of benzene rings is 9. The standard InChI is InChI=1S/C48H30O/c1-2-12-32(13-3-1)47-40-17-6-8-19-42(40)48(43-20-9-7-18-41(43)47)38-16-10-15-34(28-38)37-23-25-39-44-29-36(24-26-45(44)49-46(39)30-37)35-22-21-31-11-4-5-14-33(31)27-35/h1-30H/i1D,2D,3D,6D,7D,8D,9D,10D,12D,13D,15D,16D,17D,18D,19D,20D,28D. The minimum Gasteiger partial charge on any atom is -0.456 e. The molecule has 0 unspecified atom stereocenters. The number of rotatable bonds is 4. The Balaban J connectivity index is 1.30. The minimum absolute atomic E-state index is 0.192. The van der Waals surface area contributed by atoms with E-state index in [2.05, 4.69) is 6.07 Å². The zero-order chi connectivity index (χ0) is 47.1. The summed E-state index contributed by atoms with van der Waals surface area (Å²) >= 11 is 0. The normalized spacial score (nSPS) is 16.5. The minimum atomic E-state index is -0.823. The highest BCUT2D eigenvalue weighted by Crippen LogP contribution is 2.44. The maximum absolute atomic E-state index is 9.78. The van der Waals surface area contributed by atoms with Gasteiger partial charge in [0.15, 0.2) is 0 Å². The van der Waals surface area contributed by atoms with E-state index < -0.39 is 147 Å². The molecule has 0 spiro atoms. The van der Waals surface area contributed by atoms with Crippen molar-refractivity contribution >= 4 is 54.3 Å². The fourth-order valence-electron chi connectivity index (χ4n) is 6.59. The highest BCUT2D eigenvalue weighted by molar-refractivity contribution is 6.21. The van der Waals surface area contributed by atoms with Gasteiger partial charge in [-0.3, -0.25) is 0 Å². The van der Waals surface area contributed by atoms with Crippen LogP contribution in [0.1, 0.15) is 23.3 Å². The molecule has 1 heteroatoms. The van der Waals surface area contributed by atoms with E-state index in [0.29, 0.717) is 16.6 Å². The lowest BCUT2D eigenvalue weighted by molar-refractivity contribution is 0.669. The second-order valence-corrected chi connectivity index (χ2v) is 11.6. The molecule has 1 aromatic heterocycles. The maximum atomic E-state index is 9.78. The van der Waals surface area contributed by atoms with E-state index in [1.165, 1.54) is 0 Å². The zero-order valence-corrected chi connectivity index (χ0v) is 25.4. The molecule has 0 saturated carbocycles. The molecule has 228 valence electrons. The van der Waals surface area contributed by atoms with Gasteiger partial charge in [0, 0.05) is 10.8 Å². The number of furan rings is 1. The van der Waals surface area contributed by atoms with Crippen molar-refractivity contribution < 1.29 is 27.7 Å². The zero-order valence-electron chi connectivity index (χ0n) is 42.4. The number of fused-ring (bicyclic) bond motifs is 6. The van der Waals surface area contributed by atoms with Gasteiger partial charge in [-0.1, -0.05) is 145 Å². The number of hydrogen-bond donors (Lipinski definition) is 0. The predicted octanol–water partition coefficient (Wildman–Crippen LogP) is 13.7. The Bertz CT molecular complexity index is 3750. The molecular weight excluding hydrogens is 593 g/mol. The van der Waals surface area contributed by atoms with E-state index in [1.807, 2.05) is 54.6 Å². The molecular formula is C48H30O. The van der Waals surface area contributed by atoms with Crippen LogP contribution < -0.4 is 0 Å². The molecule has 10 rings (SSSR count). The summed E-state index contributed by atoms with van der Waals surface area (Å²) in [6, 6.07) is 11.8. The molecule has 9 aromatic carbocycles. The summed E-state index contributed by atoms with van der Waals surface area (Å²) in [7, 11) is 0. The van der Waals surface area contributed by atoms with Crippen LogP contribution in [0.25, 0.3) is 98.8 Å². The molecule has 0 fully saturated rings. The molecule has 1 nitrogen and oxygen atoms in total. The van der Waals surface area contributed by atoms with Crippen molar-refractivity contribution in [3.8, 4) is 44.5 Å². The summed E-state index contributed by atoms with van der Waals surface area (Å²) in [5.41, 5.74) is 0.749. The maximum Gasteiger partial charge on any atom is 0.136 e. The first-order valence-electron chi connectivity index (χ1n) is 23.9. The van der Waals surface area contributed by atoms with Crippen molar-refractivity contribution in [3.05, 3.63) is 182 Å². The third kappa shape index (κ3) is 4.55. The van der Waals surface area contributed by atoms with Gasteiger partial charge in [-0.25, -0.2) is 0 Å². The summed E-state index contributed by atoms with van der Waals surface area (Å²) in [5, 5.41) is 1.63. The van der Waals surface area contributed by atoms with Crippen molar-refractivity contribution in [1.82, 2.24) is 0 Å². The van der Waals surface area contributed by atoms with Crippen molar-refractivity contribution in [3.63, 3.8) is 0 Å². The molecule has 49 heavy (non-hydrogen) atoms. The van der Waals surface area contributed by atoms with Crippen LogP contribution in [0.4, 0.5) is 0 Å². The summed E-state index contributed by atoms with van der Waals surface area (Å²) in [5.74, 6) is 0. The Labute approximate surface area is 308 Å². The van der Waals surface area contributed by atoms with Gasteiger partial charge in [-0.2, -0.15) is 0 Å². The summed E-state index contributed by atoms with van der Waals surface area (Å²) in [6.07, 6.45) is 0. The molecule has 0 aliphatic carbocycles. The van der Waals surface area contributed by atoms with Crippen LogP contribution in [-0.2, 0) is 0 Å². The van der Waals surface area contributed by atoms with Crippen molar-refractivity contribution in [2.24, 2.45) is 0 Å². The Kier molecular flexibility index (Phi) is 3.54. The molecule has 0 aliphatic rings. The smallest absolute Gasteiger partial charge is 0.136 e. The first-order chi connectivity index (χ1) is 31.3. The first kappa shape index (κ1) is 15.6. The van der Waals surface area contributed by atoms with Crippen LogP contribution in [0, 0.1) is 0 Å². The topological polar surface area (TPSA) is 13.1 Å². The number of hydrogen-bond acceptors (Lipinski definition) is 1. The van der Waals surface area contributed by atoms with Crippen LogP contribution in [0.2, 0.25) is 0 Å². The summed E-state index contributed by atoms with van der Waals surface area (Å²) in [4.78, 5) is 0. The van der Waals surface area contributed by atoms with E-state index >= 15 is 0 Å². The molecule has 0 radical (unpaired) electrons. The second kappa shape index (κ2) is 11.1. The average molecular weight is 640 g/mol. The third-order valence-corrected chi connectivity index (χ3v) is 8.84. The van der Waals surface area contributed by atoms with E-state index in [9.17, 15) is 8.22 Å². The largest absolute Gasteiger partial charge is 0.456 e. The van der Waals surface area contributed by atoms with Gasteiger partial charge < -0.3 is 4.42 Å². The van der Waals surface area contributed by atoms with Gasteiger partial charge in [0.2, 0.25) is 0 Å². The van der Waals surface area contributed by atoms with Gasteiger partial charge in [0.1, 0.15) is 11.2 Å². The van der Waals surface area contributed by atoms with Crippen LogP contribution in [0.3, 0.4) is 0 Å². The lowest BCUT2D eigenvalue weighted by Crippen LogP contribution is -1.91. The Morgan fingerprint density at radius 2 is 0.918 bits per heavy atom. The summed E-state index contributed by atoms with van der Waals surface area (Å²) in [6.45, 7) is 0. The molecule has 0 saturated heterocycles. The van der Waals surface area contributed by atoms with Crippen LogP contribution >= 0.6 is 0 Å². The molecule has 0 atom stereocenters. The van der Waals surface area contributed by atoms with E-state index in [1.54, 1.807) is 18.2 Å². The Hall–Kier alpha value is -6.44. The van der Waals surface area contributed by atoms with Crippen LogP contribution in [-0.4, -0.2) is 0 Å². The van der Waals surface area contributed by atoms with Gasteiger partial charge in [0.05, 0.1) is 23.3 Å². The predicted molar refractivity (Wildman–Crippen MR) is 208 cm³/mol. The average Bonchev–Trinajstić information content (AvgIpc) is 3.68. The lowest BCUT2D eigenvalue weighted by atomic mass is 9.85. The van der Waals surface area contributed by atoms with Crippen LogP contribution in [0.15, 0.2) is 186 Å². The molecule has 0 bridgehead atoms. The first-order valence-corrected chi connectivity index (χ1v) is 15.4. The van der Waals surface area contributed by atoms with Gasteiger partial charge in [0.25, 0.3) is 0 Å². The molecule has 0 aliphatic heterocycles. The second-order valence-electron chi connectivity index (χ2n) is 11.6. The Morgan fingerprint density at radius 1 is 0.347 bits per heavy atom. The van der Waals surface area contributed by atoms with Crippen LogP contribution in [0.5, 0.6) is 0 Å². The van der Waals surface area contributed by atoms with Gasteiger partial charge >= 0.3 is 0 Å². The van der Waals surface area contributed by atoms with Gasteiger partial charge in [-0.15, -0.1) is 0 Å². The van der Waals surface area contributed by atoms with Crippen molar-refractivity contribution in [1.29, 1.82) is 0 Å². The monoisotopic (exact) mass is 639 g/mol. The molecule has 10 aromatic rings. The lowest BCUT2D eigenvalue weighted by Gasteiger charge is -2.18. The highest BCUT2D eigenvalue weighted by atomic mass is 16.3. The SMILES string of the molecule is [2H]c1c([2H])c([2H])c(-c2c3c([2H])c([2H])c([2H])c([2H])c3c(-c3c([2H])c([2H])c([2H])c(-c4ccc5c(c4)oc4ccc(-c6ccc7ccccc7c6)cc45)c3[2H])c3c([2H])c([2H])c([2H])c([2H])c23)c([2H])c1[2H]. The van der Waals surface area contributed by atoms with E-state index in [-0.39, 0.29) is 11.1 Å².